The van der Waals surface area contributed by atoms with E-state index >= 15 is 0 Å². The van der Waals surface area contributed by atoms with Crippen LogP contribution in [0.2, 0.25) is 0 Å². The van der Waals surface area contributed by atoms with Crippen molar-refractivity contribution in [1.29, 1.82) is 0 Å². The molecule has 0 radical (unpaired) electrons. The van der Waals surface area contributed by atoms with E-state index in [4.69, 9.17) is 9.47 Å². The number of hydrogen-bond acceptors (Lipinski definition) is 5. The Balaban J connectivity index is 1.84. The van der Waals surface area contributed by atoms with Gasteiger partial charge >= 0.3 is 0 Å². The van der Waals surface area contributed by atoms with Gasteiger partial charge in [-0.15, -0.1) is 0 Å². The summed E-state index contributed by atoms with van der Waals surface area (Å²) >= 11 is 1.63. The highest BCUT2D eigenvalue weighted by Gasteiger charge is 2.22. The molecule has 0 aliphatic carbocycles. The summed E-state index contributed by atoms with van der Waals surface area (Å²) in [4.78, 5) is 25.3. The van der Waals surface area contributed by atoms with E-state index in [0.29, 0.717) is 37.3 Å². The van der Waals surface area contributed by atoms with Crippen LogP contribution in [0.25, 0.3) is 0 Å². The fourth-order valence-electron chi connectivity index (χ4n) is 2.87. The van der Waals surface area contributed by atoms with E-state index in [-0.39, 0.29) is 11.8 Å². The maximum Gasteiger partial charge on any atom is 0.255 e. The van der Waals surface area contributed by atoms with Gasteiger partial charge in [-0.3, -0.25) is 9.59 Å². The molecule has 0 aliphatic heterocycles. The molecule has 162 valence electrons. The molecular weight excluding hydrogens is 400 g/mol. The lowest BCUT2D eigenvalue weighted by Gasteiger charge is -2.19. The van der Waals surface area contributed by atoms with Gasteiger partial charge < -0.3 is 20.1 Å². The number of ether oxygens (including phenoxy) is 2. The van der Waals surface area contributed by atoms with E-state index in [1.807, 2.05) is 37.4 Å². The van der Waals surface area contributed by atoms with E-state index in [0.717, 1.165) is 17.1 Å². The number of carbonyl (C=O) groups excluding carboxylic acids is 2. The number of benzene rings is 2. The zero-order chi connectivity index (χ0) is 21.8. The fourth-order valence-corrected chi connectivity index (χ4v) is 3.35. The van der Waals surface area contributed by atoms with Crippen LogP contribution in [0.1, 0.15) is 28.8 Å². The lowest BCUT2D eigenvalue weighted by Crippen LogP contribution is -2.47. The first kappa shape index (κ1) is 23.6. The molecule has 2 amide bonds. The van der Waals surface area contributed by atoms with Crippen molar-refractivity contribution in [1.82, 2.24) is 10.6 Å². The van der Waals surface area contributed by atoms with Gasteiger partial charge in [-0.1, -0.05) is 24.3 Å². The summed E-state index contributed by atoms with van der Waals surface area (Å²) in [7, 11) is 1.52. The van der Waals surface area contributed by atoms with Gasteiger partial charge in [0.25, 0.3) is 5.91 Å². The molecule has 2 aromatic rings. The Labute approximate surface area is 182 Å². The monoisotopic (exact) mass is 430 g/mol. The van der Waals surface area contributed by atoms with E-state index in [9.17, 15) is 9.59 Å². The summed E-state index contributed by atoms with van der Waals surface area (Å²) in [6.07, 6.45) is 3.20. The van der Waals surface area contributed by atoms with Crippen molar-refractivity contribution in [3.05, 3.63) is 59.7 Å². The summed E-state index contributed by atoms with van der Waals surface area (Å²) in [6, 6.07) is 14.2. The number of thioether (sulfide) groups is 1. The second kappa shape index (κ2) is 12.8. The first-order chi connectivity index (χ1) is 14.5. The van der Waals surface area contributed by atoms with Crippen LogP contribution < -0.4 is 20.1 Å². The number of rotatable bonds is 12. The highest BCUT2D eigenvalue weighted by atomic mass is 32.2. The lowest BCUT2D eigenvalue weighted by molar-refractivity contribution is -0.123. The maximum atomic E-state index is 12.7. The van der Waals surface area contributed by atoms with Crippen LogP contribution in [0.3, 0.4) is 0 Å². The van der Waals surface area contributed by atoms with Crippen molar-refractivity contribution >= 4 is 23.6 Å². The third kappa shape index (κ3) is 7.63. The molecule has 1 unspecified atom stereocenters. The molecule has 0 aliphatic rings. The topological polar surface area (TPSA) is 76.7 Å². The smallest absolute Gasteiger partial charge is 0.255 e. The average Bonchev–Trinajstić information content (AvgIpc) is 2.76. The Kier molecular flexibility index (Phi) is 10.1. The Bertz CT molecular complexity index is 828. The lowest BCUT2D eigenvalue weighted by atomic mass is 10.1. The molecule has 0 spiro atoms. The fraction of sp³-hybridized carbons (Fsp3) is 0.391. The third-order valence-corrected chi connectivity index (χ3v) is 5.11. The molecule has 0 bridgehead atoms. The van der Waals surface area contributed by atoms with Crippen molar-refractivity contribution < 1.29 is 19.1 Å². The molecule has 1 atom stereocenters. The number of para-hydroxylation sites is 1. The number of amides is 2. The molecule has 0 aromatic heterocycles. The summed E-state index contributed by atoms with van der Waals surface area (Å²) < 4.78 is 10.9. The van der Waals surface area contributed by atoms with Crippen LogP contribution in [-0.2, 0) is 4.79 Å². The van der Waals surface area contributed by atoms with Gasteiger partial charge in [-0.05, 0) is 61.6 Å². The number of carbonyl (C=O) groups is 2. The minimum absolute atomic E-state index is 0.192. The Morgan fingerprint density at radius 1 is 1.13 bits per heavy atom. The molecule has 7 heteroatoms. The van der Waals surface area contributed by atoms with Crippen LogP contribution in [0.15, 0.2) is 48.5 Å². The molecule has 2 rings (SSSR count). The number of aryl methyl sites for hydroxylation is 1. The van der Waals surface area contributed by atoms with E-state index < -0.39 is 6.04 Å². The van der Waals surface area contributed by atoms with Crippen LogP contribution in [-0.4, -0.2) is 50.1 Å². The molecule has 30 heavy (non-hydrogen) atoms. The highest BCUT2D eigenvalue weighted by Crippen LogP contribution is 2.17. The van der Waals surface area contributed by atoms with Crippen molar-refractivity contribution in [3.8, 4) is 11.5 Å². The summed E-state index contributed by atoms with van der Waals surface area (Å²) in [6.45, 7) is 3.00. The van der Waals surface area contributed by atoms with Gasteiger partial charge in [0.15, 0.2) is 0 Å². The molecule has 2 aromatic carbocycles. The zero-order valence-electron chi connectivity index (χ0n) is 17.8. The van der Waals surface area contributed by atoms with E-state index in [1.165, 1.54) is 7.11 Å². The molecule has 6 nitrogen and oxygen atoms in total. The largest absolute Gasteiger partial charge is 0.496 e. The number of nitrogens with one attached hydrogen (secondary N) is 2. The first-order valence-electron chi connectivity index (χ1n) is 9.95. The van der Waals surface area contributed by atoms with Crippen LogP contribution >= 0.6 is 11.8 Å². The van der Waals surface area contributed by atoms with Gasteiger partial charge in [0.1, 0.15) is 17.5 Å². The SMILES string of the molecule is COc1ccccc1C(=O)NC(CCSC)C(=O)NCCCOc1cccc(C)c1. The van der Waals surface area contributed by atoms with Crippen molar-refractivity contribution in [3.63, 3.8) is 0 Å². The standard InChI is InChI=1S/C23H30N2O4S/c1-17-8-6-9-18(16-17)29-14-7-13-24-23(27)20(12-15-30-3)25-22(26)19-10-4-5-11-21(19)28-2/h4-6,8-11,16,20H,7,12-15H2,1-3H3,(H,24,27)(H,25,26). The second-order valence-corrected chi connectivity index (χ2v) is 7.80. The summed E-state index contributed by atoms with van der Waals surface area (Å²) in [5.74, 6) is 1.55. The summed E-state index contributed by atoms with van der Waals surface area (Å²) in [5, 5.41) is 5.74. The normalized spacial score (nSPS) is 11.4. The van der Waals surface area contributed by atoms with Gasteiger partial charge in [0.05, 0.1) is 19.3 Å². The van der Waals surface area contributed by atoms with Crippen molar-refractivity contribution in [2.24, 2.45) is 0 Å². The van der Waals surface area contributed by atoms with E-state index in [2.05, 4.69) is 10.6 Å². The number of methoxy groups -OCH3 is 1. The van der Waals surface area contributed by atoms with E-state index in [1.54, 1.807) is 36.0 Å². The van der Waals surface area contributed by atoms with Crippen LogP contribution in [0.5, 0.6) is 11.5 Å². The first-order valence-corrected chi connectivity index (χ1v) is 11.3. The molecular formula is C23H30N2O4S. The quantitative estimate of drug-likeness (QED) is 0.505. The molecule has 0 saturated heterocycles. The van der Waals surface area contributed by atoms with Gasteiger partial charge in [-0.2, -0.15) is 11.8 Å². The Morgan fingerprint density at radius 3 is 2.67 bits per heavy atom. The minimum atomic E-state index is -0.604. The average molecular weight is 431 g/mol. The predicted octanol–water partition coefficient (Wildman–Crippen LogP) is 3.44. The van der Waals surface area contributed by atoms with Gasteiger partial charge in [0, 0.05) is 6.54 Å². The molecule has 0 saturated carbocycles. The minimum Gasteiger partial charge on any atom is -0.496 e. The van der Waals surface area contributed by atoms with Crippen molar-refractivity contribution in [2.75, 3.05) is 32.3 Å². The third-order valence-electron chi connectivity index (χ3n) is 4.46. The van der Waals surface area contributed by atoms with Crippen LogP contribution in [0, 0.1) is 6.92 Å². The molecule has 0 fully saturated rings. The summed E-state index contributed by atoms with van der Waals surface area (Å²) in [5.41, 5.74) is 1.55. The Hall–Kier alpha value is -2.67. The predicted molar refractivity (Wildman–Crippen MR) is 122 cm³/mol. The molecule has 2 N–H and O–H groups in total. The second-order valence-electron chi connectivity index (χ2n) is 6.82. The van der Waals surface area contributed by atoms with Gasteiger partial charge in [-0.25, -0.2) is 0 Å². The van der Waals surface area contributed by atoms with Crippen LogP contribution in [0.4, 0.5) is 0 Å². The zero-order valence-corrected chi connectivity index (χ0v) is 18.6. The highest BCUT2D eigenvalue weighted by molar-refractivity contribution is 7.98. The van der Waals surface area contributed by atoms with Gasteiger partial charge in [0.2, 0.25) is 5.91 Å². The maximum absolute atomic E-state index is 12.7. The van der Waals surface area contributed by atoms with Crippen molar-refractivity contribution in [2.45, 2.75) is 25.8 Å². The number of hydrogen-bond donors (Lipinski definition) is 2. The molecule has 0 heterocycles. The Morgan fingerprint density at radius 2 is 1.93 bits per heavy atom.